The SMILES string of the molecule is CC1=C[C@]23C(=O)[C@@H](C=C4COC(C)(C)OC4C2(O)[C@H]1O)[C@H](C)[C@H](C)C[C@H]3C. The summed E-state index contributed by atoms with van der Waals surface area (Å²) in [5.74, 6) is -0.829. The molecule has 5 heteroatoms. The van der Waals surface area contributed by atoms with Crippen molar-refractivity contribution in [1.82, 2.24) is 0 Å². The molecule has 4 rings (SSSR count). The molecule has 4 aliphatic rings. The van der Waals surface area contributed by atoms with Crippen LogP contribution in [0.15, 0.2) is 23.3 Å². The van der Waals surface area contributed by atoms with Crippen LogP contribution in [0.2, 0.25) is 0 Å². The fourth-order valence-corrected chi connectivity index (χ4v) is 6.05. The molecule has 0 aromatic rings. The number of carbonyl (C=O) groups excluding carboxylic acids is 1. The monoisotopic (exact) mass is 376 g/mol. The highest BCUT2D eigenvalue weighted by molar-refractivity contribution is 5.94. The molecule has 0 aromatic heterocycles. The van der Waals surface area contributed by atoms with E-state index in [0.29, 0.717) is 18.1 Å². The van der Waals surface area contributed by atoms with Crippen LogP contribution in [0, 0.1) is 29.1 Å². The second kappa shape index (κ2) is 5.76. The average molecular weight is 376 g/mol. The fourth-order valence-electron chi connectivity index (χ4n) is 6.05. The molecule has 5 nitrogen and oxygen atoms in total. The molecule has 8 atom stereocenters. The Labute approximate surface area is 161 Å². The minimum atomic E-state index is -1.72. The molecule has 2 fully saturated rings. The number of ether oxygens (including phenoxy) is 2. The highest BCUT2D eigenvalue weighted by Gasteiger charge is 2.72. The lowest BCUT2D eigenvalue weighted by molar-refractivity contribution is -0.303. The van der Waals surface area contributed by atoms with E-state index in [1.165, 1.54) is 0 Å². The van der Waals surface area contributed by atoms with Gasteiger partial charge in [0.15, 0.2) is 11.6 Å². The van der Waals surface area contributed by atoms with Crippen molar-refractivity contribution in [1.29, 1.82) is 0 Å². The van der Waals surface area contributed by atoms with E-state index in [1.807, 2.05) is 19.1 Å². The number of aliphatic hydroxyl groups is 2. The normalized spacial score (nSPS) is 51.5. The zero-order valence-electron chi connectivity index (χ0n) is 17.2. The van der Waals surface area contributed by atoms with Gasteiger partial charge >= 0.3 is 0 Å². The van der Waals surface area contributed by atoms with Crippen LogP contribution in [0.25, 0.3) is 0 Å². The maximum Gasteiger partial charge on any atom is 0.164 e. The summed E-state index contributed by atoms with van der Waals surface area (Å²) in [7, 11) is 0. The molecule has 0 aromatic carbocycles. The maximum atomic E-state index is 14.0. The lowest BCUT2D eigenvalue weighted by atomic mass is 9.59. The van der Waals surface area contributed by atoms with Crippen molar-refractivity contribution < 1.29 is 24.5 Å². The van der Waals surface area contributed by atoms with Crippen LogP contribution in [0.1, 0.15) is 48.0 Å². The van der Waals surface area contributed by atoms with Crippen molar-refractivity contribution in [3.63, 3.8) is 0 Å². The molecule has 1 aliphatic heterocycles. The lowest BCUT2D eigenvalue weighted by Crippen LogP contribution is -2.67. The molecule has 27 heavy (non-hydrogen) atoms. The number of Topliss-reactive ketones (excluding diaryl/α,β-unsaturated/α-hetero) is 1. The standard InChI is InChI=1S/C22H32O5/c1-11-7-13(3)21-9-12(2)17(23)22(21,25)19-15(10-26-20(5,6)27-19)8-16(14(11)4)18(21)24/h8-9,11,13-14,16-17,19,23,25H,7,10H2,1-6H3/t11-,13-,14-,16+,17+,19?,21+,22?/m1/s1. The summed E-state index contributed by atoms with van der Waals surface area (Å²) >= 11 is 0. The van der Waals surface area contributed by atoms with Crippen LogP contribution < -0.4 is 0 Å². The van der Waals surface area contributed by atoms with Gasteiger partial charge in [0, 0.05) is 5.92 Å². The predicted molar refractivity (Wildman–Crippen MR) is 101 cm³/mol. The number of rotatable bonds is 0. The Kier molecular flexibility index (Phi) is 4.12. The summed E-state index contributed by atoms with van der Waals surface area (Å²) in [5, 5.41) is 23.3. The number of hydrogen-bond donors (Lipinski definition) is 2. The Bertz CT molecular complexity index is 737. The second-order valence-corrected chi connectivity index (χ2v) is 9.78. The van der Waals surface area contributed by atoms with E-state index in [-0.39, 0.29) is 23.5 Å². The Morgan fingerprint density at radius 2 is 1.89 bits per heavy atom. The van der Waals surface area contributed by atoms with Gasteiger partial charge in [0.05, 0.1) is 12.0 Å². The van der Waals surface area contributed by atoms with Gasteiger partial charge in [0.1, 0.15) is 17.8 Å². The van der Waals surface area contributed by atoms with Gasteiger partial charge in [-0.1, -0.05) is 32.9 Å². The molecule has 0 radical (unpaired) electrons. The summed E-state index contributed by atoms with van der Waals surface area (Å²) in [6.07, 6.45) is 2.72. The van der Waals surface area contributed by atoms with Crippen LogP contribution in [0.3, 0.4) is 0 Å². The van der Waals surface area contributed by atoms with Crippen LogP contribution in [-0.2, 0) is 14.3 Å². The highest BCUT2D eigenvalue weighted by atomic mass is 16.7. The van der Waals surface area contributed by atoms with E-state index in [9.17, 15) is 15.0 Å². The quantitative estimate of drug-likeness (QED) is 0.636. The number of hydrogen-bond acceptors (Lipinski definition) is 5. The van der Waals surface area contributed by atoms with E-state index in [0.717, 1.165) is 12.0 Å². The third-order valence-electron chi connectivity index (χ3n) is 7.76. The largest absolute Gasteiger partial charge is 0.386 e. The van der Waals surface area contributed by atoms with Crippen molar-refractivity contribution in [2.75, 3.05) is 6.61 Å². The predicted octanol–water partition coefficient (Wildman–Crippen LogP) is 2.61. The Morgan fingerprint density at radius 1 is 1.22 bits per heavy atom. The van der Waals surface area contributed by atoms with E-state index < -0.39 is 29.0 Å². The maximum absolute atomic E-state index is 14.0. The topological polar surface area (TPSA) is 76.0 Å². The second-order valence-electron chi connectivity index (χ2n) is 9.78. The molecular formula is C22H32O5. The zero-order valence-corrected chi connectivity index (χ0v) is 17.2. The molecule has 150 valence electrons. The summed E-state index contributed by atoms with van der Waals surface area (Å²) in [4.78, 5) is 14.0. The van der Waals surface area contributed by atoms with Crippen LogP contribution in [0.5, 0.6) is 0 Å². The molecule has 1 saturated carbocycles. The first-order valence-electron chi connectivity index (χ1n) is 10.1. The minimum absolute atomic E-state index is 0.00792. The number of ketones is 1. The minimum Gasteiger partial charge on any atom is -0.386 e. The number of allylic oxidation sites excluding steroid dienone is 1. The lowest BCUT2D eigenvalue weighted by Gasteiger charge is -2.52. The van der Waals surface area contributed by atoms with Crippen LogP contribution in [0.4, 0.5) is 0 Å². The smallest absolute Gasteiger partial charge is 0.164 e. The van der Waals surface area contributed by atoms with Crippen molar-refractivity contribution in [3.8, 4) is 0 Å². The van der Waals surface area contributed by atoms with Crippen LogP contribution >= 0.6 is 0 Å². The first-order valence-corrected chi connectivity index (χ1v) is 10.1. The van der Waals surface area contributed by atoms with Gasteiger partial charge in [0.25, 0.3) is 0 Å². The molecule has 0 amide bonds. The number of aliphatic hydroxyl groups excluding tert-OH is 1. The Hall–Kier alpha value is -1.01. The van der Waals surface area contributed by atoms with E-state index in [4.69, 9.17) is 9.47 Å². The third-order valence-corrected chi connectivity index (χ3v) is 7.76. The Morgan fingerprint density at radius 3 is 2.56 bits per heavy atom. The molecule has 2 bridgehead atoms. The van der Waals surface area contributed by atoms with Crippen molar-refractivity contribution in [3.05, 3.63) is 23.3 Å². The fraction of sp³-hybridized carbons (Fsp3) is 0.773. The van der Waals surface area contributed by atoms with E-state index in [2.05, 4.69) is 13.8 Å². The molecule has 3 aliphatic carbocycles. The average Bonchev–Trinajstić information content (AvgIpc) is 2.72. The van der Waals surface area contributed by atoms with Crippen molar-refractivity contribution in [2.24, 2.45) is 29.1 Å². The zero-order chi connectivity index (χ0) is 19.9. The molecule has 1 spiro atoms. The molecule has 2 unspecified atom stereocenters. The molecular weight excluding hydrogens is 344 g/mol. The van der Waals surface area contributed by atoms with Gasteiger partial charge in [-0.05, 0) is 56.1 Å². The van der Waals surface area contributed by atoms with E-state index >= 15 is 0 Å². The highest BCUT2D eigenvalue weighted by Crippen LogP contribution is 2.61. The van der Waals surface area contributed by atoms with E-state index in [1.54, 1.807) is 20.8 Å². The third kappa shape index (κ3) is 2.29. The first-order chi connectivity index (χ1) is 12.5. The molecule has 1 heterocycles. The molecule has 1 saturated heterocycles. The van der Waals surface area contributed by atoms with Crippen molar-refractivity contribution >= 4 is 5.78 Å². The summed E-state index contributed by atoms with van der Waals surface area (Å²) in [6.45, 7) is 12.0. The first kappa shape index (κ1) is 19.3. The van der Waals surface area contributed by atoms with Gasteiger partial charge in [-0.15, -0.1) is 0 Å². The van der Waals surface area contributed by atoms with Gasteiger partial charge in [-0.3, -0.25) is 4.79 Å². The summed E-state index contributed by atoms with van der Waals surface area (Å²) in [6, 6.07) is 0. The number of carbonyl (C=O) groups is 1. The van der Waals surface area contributed by atoms with Gasteiger partial charge in [-0.25, -0.2) is 0 Å². The van der Waals surface area contributed by atoms with Gasteiger partial charge in [0.2, 0.25) is 0 Å². The summed E-state index contributed by atoms with van der Waals surface area (Å²) < 4.78 is 12.0. The summed E-state index contributed by atoms with van der Waals surface area (Å²) in [5.41, 5.74) is -1.46. The number of fused-ring (bicyclic) bond motifs is 3. The van der Waals surface area contributed by atoms with Crippen molar-refractivity contribution in [2.45, 2.75) is 71.6 Å². The van der Waals surface area contributed by atoms with Crippen LogP contribution in [-0.4, -0.2) is 46.2 Å². The van der Waals surface area contributed by atoms with Gasteiger partial charge < -0.3 is 19.7 Å². The molecule has 2 N–H and O–H groups in total. The Balaban J connectivity index is 2.01. The van der Waals surface area contributed by atoms with Gasteiger partial charge in [-0.2, -0.15) is 0 Å².